The number of benzene rings is 2. The second-order valence-electron chi connectivity index (χ2n) is 3.71. The fraction of sp³-hybridized carbons (Fsp3) is 0.143. The number of halogens is 2. The largest absolute Gasteiger partial charge is 0.497 e. The molecule has 0 aliphatic rings. The van der Waals surface area contributed by atoms with Gasteiger partial charge in [0.2, 0.25) is 0 Å². The van der Waals surface area contributed by atoms with Crippen LogP contribution in [-0.4, -0.2) is 7.11 Å². The van der Waals surface area contributed by atoms with E-state index in [2.05, 4.69) is 0 Å². The van der Waals surface area contributed by atoms with Gasteiger partial charge in [0.05, 0.1) is 12.1 Å². The van der Waals surface area contributed by atoms with Crippen molar-refractivity contribution in [3.05, 3.63) is 58.1 Å². The molecule has 0 aromatic heterocycles. The molecule has 2 rings (SSSR count). The van der Waals surface area contributed by atoms with Crippen LogP contribution in [0.3, 0.4) is 0 Å². The van der Waals surface area contributed by atoms with Crippen molar-refractivity contribution in [2.45, 2.75) is 6.61 Å². The zero-order valence-corrected chi connectivity index (χ0v) is 11.3. The fourth-order valence-corrected chi connectivity index (χ4v) is 1.80. The van der Waals surface area contributed by atoms with E-state index in [0.29, 0.717) is 22.4 Å². The van der Waals surface area contributed by atoms with Crippen LogP contribution in [0.5, 0.6) is 11.5 Å². The number of hydrogen-bond acceptors (Lipinski definition) is 2. The first kappa shape index (κ1) is 13.1. The van der Waals surface area contributed by atoms with Gasteiger partial charge >= 0.3 is 0 Å². The van der Waals surface area contributed by atoms with Gasteiger partial charge in [-0.25, -0.2) is 0 Å². The lowest BCUT2D eigenvalue weighted by Crippen LogP contribution is -1.96. The van der Waals surface area contributed by atoms with Crippen molar-refractivity contribution in [1.82, 2.24) is 0 Å². The third-order valence-corrected chi connectivity index (χ3v) is 2.99. The minimum atomic E-state index is 0.435. The number of rotatable bonds is 4. The fourth-order valence-electron chi connectivity index (χ4n) is 1.47. The van der Waals surface area contributed by atoms with Crippen LogP contribution in [0.2, 0.25) is 10.0 Å². The first-order chi connectivity index (χ1) is 8.69. The van der Waals surface area contributed by atoms with Crippen LogP contribution in [-0.2, 0) is 6.61 Å². The molecule has 0 radical (unpaired) electrons. The molecule has 4 heteroatoms. The molecule has 0 bridgehead atoms. The zero-order valence-electron chi connectivity index (χ0n) is 9.82. The lowest BCUT2D eigenvalue weighted by Gasteiger charge is -2.09. The van der Waals surface area contributed by atoms with Gasteiger partial charge < -0.3 is 9.47 Å². The summed E-state index contributed by atoms with van der Waals surface area (Å²) < 4.78 is 10.7. The number of hydrogen-bond donors (Lipinski definition) is 0. The minimum absolute atomic E-state index is 0.435. The quantitative estimate of drug-likeness (QED) is 0.817. The second kappa shape index (κ2) is 5.98. The predicted octanol–water partition coefficient (Wildman–Crippen LogP) is 4.58. The Labute approximate surface area is 116 Å². The van der Waals surface area contributed by atoms with Gasteiger partial charge in [0.15, 0.2) is 0 Å². The molecule has 0 N–H and O–H groups in total. The summed E-state index contributed by atoms with van der Waals surface area (Å²) in [6, 6.07) is 12.8. The highest BCUT2D eigenvalue weighted by atomic mass is 35.5. The van der Waals surface area contributed by atoms with E-state index in [-0.39, 0.29) is 0 Å². The maximum atomic E-state index is 6.01. The molecule has 18 heavy (non-hydrogen) atoms. The Bertz CT molecular complexity index is 524. The number of ether oxygens (including phenoxy) is 2. The van der Waals surface area contributed by atoms with Crippen molar-refractivity contribution < 1.29 is 9.47 Å². The van der Waals surface area contributed by atoms with E-state index in [9.17, 15) is 0 Å². The molecule has 0 unspecified atom stereocenters. The van der Waals surface area contributed by atoms with E-state index >= 15 is 0 Å². The highest BCUT2D eigenvalue weighted by Gasteiger charge is 2.03. The lowest BCUT2D eigenvalue weighted by molar-refractivity contribution is 0.306. The van der Waals surface area contributed by atoms with Crippen molar-refractivity contribution in [3.63, 3.8) is 0 Å². The zero-order chi connectivity index (χ0) is 13.0. The smallest absolute Gasteiger partial charge is 0.139 e. The number of methoxy groups -OCH3 is 1. The van der Waals surface area contributed by atoms with Crippen LogP contribution < -0.4 is 9.47 Å². The third kappa shape index (κ3) is 3.31. The summed E-state index contributed by atoms with van der Waals surface area (Å²) in [6.07, 6.45) is 0. The molecule has 0 heterocycles. The maximum absolute atomic E-state index is 6.01. The monoisotopic (exact) mass is 282 g/mol. The van der Waals surface area contributed by atoms with Crippen molar-refractivity contribution in [3.8, 4) is 11.5 Å². The highest BCUT2D eigenvalue weighted by molar-refractivity contribution is 6.34. The highest BCUT2D eigenvalue weighted by Crippen LogP contribution is 2.28. The van der Waals surface area contributed by atoms with E-state index in [0.717, 1.165) is 11.3 Å². The molecule has 0 aliphatic heterocycles. The predicted molar refractivity (Wildman–Crippen MR) is 73.8 cm³/mol. The summed E-state index contributed by atoms with van der Waals surface area (Å²) >= 11 is 11.9. The van der Waals surface area contributed by atoms with Gasteiger partial charge in [-0.1, -0.05) is 35.3 Å². The van der Waals surface area contributed by atoms with E-state index in [1.54, 1.807) is 25.3 Å². The van der Waals surface area contributed by atoms with E-state index in [1.807, 2.05) is 24.3 Å². The average molecular weight is 283 g/mol. The summed E-state index contributed by atoms with van der Waals surface area (Å²) in [5, 5.41) is 1.15. The summed E-state index contributed by atoms with van der Waals surface area (Å²) in [6.45, 7) is 0.435. The first-order valence-corrected chi connectivity index (χ1v) is 6.15. The maximum Gasteiger partial charge on any atom is 0.139 e. The minimum Gasteiger partial charge on any atom is -0.497 e. The first-order valence-electron chi connectivity index (χ1n) is 5.40. The average Bonchev–Trinajstić information content (AvgIpc) is 2.40. The summed E-state index contributed by atoms with van der Waals surface area (Å²) in [7, 11) is 1.64. The van der Waals surface area contributed by atoms with E-state index in [4.69, 9.17) is 32.7 Å². The van der Waals surface area contributed by atoms with Crippen LogP contribution in [0.4, 0.5) is 0 Å². The molecule has 0 aliphatic carbocycles. The Balaban J connectivity index is 2.04. The van der Waals surface area contributed by atoms with Gasteiger partial charge in [0.25, 0.3) is 0 Å². The molecule has 2 aromatic carbocycles. The third-order valence-electron chi connectivity index (χ3n) is 2.45. The van der Waals surface area contributed by atoms with Gasteiger partial charge in [-0.15, -0.1) is 0 Å². The molecule has 94 valence electrons. The Kier molecular flexibility index (Phi) is 4.34. The molecular weight excluding hydrogens is 271 g/mol. The van der Waals surface area contributed by atoms with Gasteiger partial charge in [0.1, 0.15) is 18.1 Å². The van der Waals surface area contributed by atoms with Crippen LogP contribution in [0.25, 0.3) is 0 Å². The normalized spacial score (nSPS) is 10.2. The van der Waals surface area contributed by atoms with Gasteiger partial charge in [-0.05, 0) is 29.8 Å². The Hall–Kier alpha value is -1.38. The van der Waals surface area contributed by atoms with Crippen LogP contribution in [0.15, 0.2) is 42.5 Å². The Morgan fingerprint density at radius 1 is 1.00 bits per heavy atom. The van der Waals surface area contributed by atoms with Crippen molar-refractivity contribution in [1.29, 1.82) is 0 Å². The van der Waals surface area contributed by atoms with Gasteiger partial charge in [-0.2, -0.15) is 0 Å². The van der Waals surface area contributed by atoms with Gasteiger partial charge in [0, 0.05) is 11.1 Å². The SMILES string of the molecule is COc1ccc(COc2cc(Cl)ccc2Cl)cc1. The Morgan fingerprint density at radius 3 is 2.39 bits per heavy atom. The Morgan fingerprint density at radius 2 is 1.72 bits per heavy atom. The molecular formula is C14H12Cl2O2. The molecule has 0 saturated heterocycles. The van der Waals surface area contributed by atoms with Gasteiger partial charge in [-0.3, -0.25) is 0 Å². The molecule has 0 spiro atoms. The summed E-state index contributed by atoms with van der Waals surface area (Å²) in [4.78, 5) is 0. The van der Waals surface area contributed by atoms with E-state index in [1.165, 1.54) is 0 Å². The van der Waals surface area contributed by atoms with Crippen LogP contribution in [0, 0.1) is 0 Å². The molecule has 0 saturated carbocycles. The molecule has 0 amide bonds. The lowest BCUT2D eigenvalue weighted by atomic mass is 10.2. The molecule has 2 aromatic rings. The molecule has 2 nitrogen and oxygen atoms in total. The molecule has 0 atom stereocenters. The van der Waals surface area contributed by atoms with Crippen LogP contribution >= 0.6 is 23.2 Å². The second-order valence-corrected chi connectivity index (χ2v) is 4.56. The topological polar surface area (TPSA) is 18.5 Å². The van der Waals surface area contributed by atoms with Crippen LogP contribution in [0.1, 0.15) is 5.56 Å². The molecule has 0 fully saturated rings. The standard InChI is InChI=1S/C14H12Cl2O2/c1-17-12-5-2-10(3-6-12)9-18-14-8-11(15)4-7-13(14)16/h2-8H,9H2,1H3. The van der Waals surface area contributed by atoms with E-state index < -0.39 is 0 Å². The van der Waals surface area contributed by atoms with Crippen molar-refractivity contribution in [2.75, 3.05) is 7.11 Å². The summed E-state index contributed by atoms with van der Waals surface area (Å²) in [5.41, 5.74) is 1.03. The summed E-state index contributed by atoms with van der Waals surface area (Å²) in [5.74, 6) is 1.40. The van der Waals surface area contributed by atoms with Crippen molar-refractivity contribution in [2.24, 2.45) is 0 Å². The van der Waals surface area contributed by atoms with Crippen molar-refractivity contribution >= 4 is 23.2 Å².